The minimum absolute atomic E-state index is 0. The van der Waals surface area contributed by atoms with Crippen molar-refractivity contribution in [3.8, 4) is 0 Å². The predicted octanol–water partition coefficient (Wildman–Crippen LogP) is -5.63. The Morgan fingerprint density at radius 3 is 1.87 bits per heavy atom. The average Bonchev–Trinajstić information content (AvgIpc) is 2.49. The summed E-state index contributed by atoms with van der Waals surface area (Å²) in [7, 11) is 0. The summed E-state index contributed by atoms with van der Waals surface area (Å²) in [5.41, 5.74) is 9.81. The number of primary amides is 1. The van der Waals surface area contributed by atoms with Gasteiger partial charge in [-0.05, 0) is 6.42 Å². The number of aliphatic hydroxyl groups is 5. The monoisotopic (exact) mass is 368 g/mol. The van der Waals surface area contributed by atoms with Gasteiger partial charge in [-0.2, -0.15) is 0 Å². The van der Waals surface area contributed by atoms with Gasteiger partial charge in [-0.25, -0.2) is 0 Å². The van der Waals surface area contributed by atoms with E-state index >= 15 is 0 Å². The zero-order valence-electron chi connectivity index (χ0n) is 11.6. The third-order valence-corrected chi connectivity index (χ3v) is 2.44. The van der Waals surface area contributed by atoms with Crippen molar-refractivity contribution in [2.24, 2.45) is 11.5 Å². The second-order valence-corrected chi connectivity index (χ2v) is 4.31. The van der Waals surface area contributed by atoms with Gasteiger partial charge in [0.1, 0.15) is 30.5 Å². The Labute approximate surface area is 161 Å². The van der Waals surface area contributed by atoms with E-state index in [1.807, 2.05) is 0 Å². The number of carboxylic acid groups (broad SMARTS) is 1. The number of aliphatic hydroxyl groups excluding tert-OH is 5. The molecule has 11 nitrogen and oxygen atoms in total. The fourth-order valence-corrected chi connectivity index (χ4v) is 1.04. The van der Waals surface area contributed by atoms with Crippen LogP contribution in [0.15, 0.2) is 0 Å². The van der Waals surface area contributed by atoms with Crippen LogP contribution in [0.25, 0.3) is 0 Å². The quantitative estimate of drug-likeness (QED) is 0.142. The number of aldehydes is 1. The molecule has 0 rings (SSSR count). The standard InChI is InChI=1S/C6H12O6.C5H10N2O3.Ca.2H/c7-1-3(9)5(11)6(12)4(10)2-8;6-3(5(9)10)1-2-4(7)8;;;/h1,3-6,8-12H,2H2;3H,1-2,6H2,(H2,7,8)(H,9,10);;;. The summed E-state index contributed by atoms with van der Waals surface area (Å²) in [5, 5.41) is 51.8. The second kappa shape index (κ2) is 15.2. The van der Waals surface area contributed by atoms with Gasteiger partial charge in [0, 0.05) is 6.42 Å². The van der Waals surface area contributed by atoms with Gasteiger partial charge in [-0.3, -0.25) is 9.59 Å². The summed E-state index contributed by atoms with van der Waals surface area (Å²) in [6, 6.07) is -0.979. The molecule has 0 aliphatic carbocycles. The average molecular weight is 368 g/mol. The summed E-state index contributed by atoms with van der Waals surface area (Å²) < 4.78 is 0. The Hall–Kier alpha value is -0.370. The van der Waals surface area contributed by atoms with E-state index in [0.29, 0.717) is 0 Å². The van der Waals surface area contributed by atoms with Crippen LogP contribution in [0.1, 0.15) is 12.8 Å². The van der Waals surface area contributed by atoms with Gasteiger partial charge in [0.15, 0.2) is 6.29 Å². The third-order valence-electron chi connectivity index (χ3n) is 2.44. The Balaban J connectivity index is -0.000000338. The first-order chi connectivity index (χ1) is 10.1. The van der Waals surface area contributed by atoms with Crippen LogP contribution in [-0.2, 0) is 14.4 Å². The van der Waals surface area contributed by atoms with Crippen LogP contribution in [-0.4, -0.2) is 124 Å². The van der Waals surface area contributed by atoms with Gasteiger partial charge < -0.3 is 46.9 Å². The molecular weight excluding hydrogens is 344 g/mol. The maximum absolute atomic E-state index is 10.1. The van der Waals surface area contributed by atoms with Crippen LogP contribution in [0.4, 0.5) is 0 Å². The number of nitrogens with two attached hydrogens (primary N) is 2. The summed E-state index contributed by atoms with van der Waals surface area (Å²) in [5.74, 6) is -1.64. The molecule has 0 heterocycles. The first-order valence-electron chi connectivity index (χ1n) is 6.13. The van der Waals surface area contributed by atoms with E-state index in [0.717, 1.165) is 0 Å². The van der Waals surface area contributed by atoms with Gasteiger partial charge >= 0.3 is 43.7 Å². The van der Waals surface area contributed by atoms with Crippen molar-refractivity contribution in [3.05, 3.63) is 0 Å². The second-order valence-electron chi connectivity index (χ2n) is 4.31. The van der Waals surface area contributed by atoms with Crippen molar-refractivity contribution in [3.63, 3.8) is 0 Å². The first-order valence-corrected chi connectivity index (χ1v) is 6.13. The van der Waals surface area contributed by atoms with Crippen LogP contribution in [0, 0.1) is 0 Å². The SMILES string of the molecule is NC(=O)CCC(N)C(=O)O.O=CC(O)C(O)C(O)C(O)CO.[CaH2]. The van der Waals surface area contributed by atoms with Crippen molar-refractivity contribution in [1.82, 2.24) is 0 Å². The maximum atomic E-state index is 10.1. The number of carboxylic acids is 1. The molecule has 0 saturated carbocycles. The Morgan fingerprint density at radius 2 is 1.57 bits per heavy atom. The molecule has 10 N–H and O–H groups in total. The van der Waals surface area contributed by atoms with E-state index < -0.39 is 48.9 Å². The Morgan fingerprint density at radius 1 is 1.09 bits per heavy atom. The van der Waals surface area contributed by atoms with Gasteiger partial charge in [-0.1, -0.05) is 0 Å². The van der Waals surface area contributed by atoms with Crippen molar-refractivity contribution in [2.45, 2.75) is 43.3 Å². The first kappa shape index (κ1) is 27.5. The number of aliphatic carboxylic acids is 1. The van der Waals surface area contributed by atoms with Crippen LogP contribution < -0.4 is 11.5 Å². The van der Waals surface area contributed by atoms with E-state index in [2.05, 4.69) is 0 Å². The fourth-order valence-electron chi connectivity index (χ4n) is 1.04. The van der Waals surface area contributed by atoms with E-state index in [4.69, 9.17) is 42.1 Å². The molecule has 0 aliphatic rings. The molecule has 0 radical (unpaired) electrons. The molecular formula is C11H24CaN2O9. The predicted molar refractivity (Wildman–Crippen MR) is 79.8 cm³/mol. The molecule has 1 amide bonds. The van der Waals surface area contributed by atoms with Gasteiger partial charge in [0.05, 0.1) is 6.61 Å². The molecule has 0 saturated heterocycles. The topological polar surface area (TPSA) is 225 Å². The van der Waals surface area contributed by atoms with E-state index in [9.17, 15) is 14.4 Å². The van der Waals surface area contributed by atoms with Crippen LogP contribution in [0.2, 0.25) is 0 Å². The molecule has 0 aliphatic heterocycles. The van der Waals surface area contributed by atoms with Crippen molar-refractivity contribution < 1.29 is 45.0 Å². The van der Waals surface area contributed by atoms with Gasteiger partial charge in [0.2, 0.25) is 5.91 Å². The fraction of sp³-hybridized carbons (Fsp3) is 0.727. The normalized spacial score (nSPS) is 16.4. The molecule has 12 heteroatoms. The van der Waals surface area contributed by atoms with Crippen molar-refractivity contribution in [1.29, 1.82) is 0 Å². The van der Waals surface area contributed by atoms with E-state index in [-0.39, 0.29) is 56.9 Å². The summed E-state index contributed by atoms with van der Waals surface area (Å²) >= 11 is 0. The molecule has 0 bridgehead atoms. The molecule has 5 atom stereocenters. The summed E-state index contributed by atoms with van der Waals surface area (Å²) in [6.45, 7) is -0.760. The van der Waals surface area contributed by atoms with E-state index in [1.54, 1.807) is 0 Å². The van der Waals surface area contributed by atoms with E-state index in [1.165, 1.54) is 0 Å². The number of hydrogen-bond acceptors (Lipinski definition) is 9. The number of carbonyl (C=O) groups is 3. The molecule has 0 aromatic rings. The molecule has 0 aromatic carbocycles. The number of amides is 1. The molecule has 23 heavy (non-hydrogen) atoms. The molecule has 5 unspecified atom stereocenters. The van der Waals surface area contributed by atoms with Crippen LogP contribution >= 0.6 is 0 Å². The van der Waals surface area contributed by atoms with Crippen LogP contribution in [0.5, 0.6) is 0 Å². The van der Waals surface area contributed by atoms with Crippen LogP contribution in [0.3, 0.4) is 0 Å². The molecule has 0 aromatic heterocycles. The number of rotatable bonds is 9. The van der Waals surface area contributed by atoms with Crippen molar-refractivity contribution in [2.75, 3.05) is 6.61 Å². The Bertz CT molecular complexity index is 358. The zero-order chi connectivity index (χ0) is 17.9. The minimum atomic E-state index is -1.79. The molecule has 0 spiro atoms. The molecule has 134 valence electrons. The van der Waals surface area contributed by atoms with Crippen molar-refractivity contribution >= 4 is 55.9 Å². The Kier molecular flexibility index (Phi) is 18.1. The number of carbonyl (C=O) groups excluding carboxylic acids is 2. The zero-order valence-corrected chi connectivity index (χ0v) is 11.6. The number of hydrogen-bond donors (Lipinski definition) is 8. The third kappa shape index (κ3) is 13.7. The van der Waals surface area contributed by atoms with Gasteiger partial charge in [-0.15, -0.1) is 0 Å². The summed E-state index contributed by atoms with van der Waals surface area (Å²) in [6.07, 6.45) is -6.72. The summed E-state index contributed by atoms with van der Waals surface area (Å²) in [4.78, 5) is 30.0. The van der Waals surface area contributed by atoms with Gasteiger partial charge in [0.25, 0.3) is 0 Å². The molecule has 0 fully saturated rings.